The predicted octanol–water partition coefficient (Wildman–Crippen LogP) is 3.29. The highest BCUT2D eigenvalue weighted by Crippen LogP contribution is 2.33. The molecule has 0 spiro atoms. The average molecular weight is 225 g/mol. The number of hydrogen-bond acceptors (Lipinski definition) is 3. The van der Waals surface area contributed by atoms with Gasteiger partial charge < -0.3 is 10.1 Å². The van der Waals surface area contributed by atoms with Crippen molar-refractivity contribution in [2.75, 3.05) is 18.3 Å². The Labute approximate surface area is 97.4 Å². The Morgan fingerprint density at radius 3 is 2.47 bits per heavy atom. The molecule has 0 aliphatic carbocycles. The molecule has 0 aliphatic heterocycles. The molecule has 0 saturated carbocycles. The lowest BCUT2D eigenvalue weighted by Gasteiger charge is -2.23. The van der Waals surface area contributed by atoms with Crippen molar-refractivity contribution in [2.24, 2.45) is 0 Å². The van der Waals surface area contributed by atoms with Crippen LogP contribution in [0.25, 0.3) is 0 Å². The van der Waals surface area contributed by atoms with Crippen molar-refractivity contribution in [1.29, 1.82) is 0 Å². The highest BCUT2D eigenvalue weighted by Gasteiger charge is 2.18. The van der Waals surface area contributed by atoms with Crippen molar-refractivity contribution in [2.45, 2.75) is 26.2 Å². The lowest BCUT2D eigenvalue weighted by molar-refractivity contribution is 0.397. The van der Waals surface area contributed by atoms with E-state index in [1.807, 2.05) is 12.1 Å². The van der Waals surface area contributed by atoms with Gasteiger partial charge in [0.1, 0.15) is 5.75 Å². The van der Waals surface area contributed by atoms with E-state index in [9.17, 15) is 0 Å². The number of nitrogens with one attached hydrogen (secondary N) is 1. The van der Waals surface area contributed by atoms with Gasteiger partial charge in [0.25, 0.3) is 0 Å². The van der Waals surface area contributed by atoms with Gasteiger partial charge in [0.05, 0.1) is 13.0 Å². The van der Waals surface area contributed by atoms with E-state index in [-0.39, 0.29) is 5.41 Å². The van der Waals surface area contributed by atoms with Gasteiger partial charge in [0, 0.05) is 11.3 Å². The lowest BCUT2D eigenvalue weighted by atomic mass is 9.86. The van der Waals surface area contributed by atoms with Crippen LogP contribution in [-0.4, -0.2) is 13.0 Å². The molecule has 0 aliphatic rings. The maximum Gasteiger partial charge on any atom is 0.122 e. The van der Waals surface area contributed by atoms with Crippen LogP contribution < -0.4 is 10.1 Å². The summed E-state index contributed by atoms with van der Waals surface area (Å²) in [6, 6.07) is 6.12. The quantitative estimate of drug-likeness (QED) is 0.608. The van der Waals surface area contributed by atoms with Gasteiger partial charge in [0.15, 0.2) is 0 Å². The van der Waals surface area contributed by atoms with Crippen LogP contribution in [0.4, 0.5) is 5.69 Å². The molecule has 0 radical (unpaired) electrons. The molecule has 0 fully saturated rings. The summed E-state index contributed by atoms with van der Waals surface area (Å²) in [5.74, 6) is 1.57. The normalized spacial score (nSPS) is 11.3. The molecule has 0 heterocycles. The lowest BCUT2D eigenvalue weighted by Crippen LogP contribution is -2.13. The van der Waals surface area contributed by atoms with Crippen LogP contribution in [0, 0.1) is 0 Å². The van der Waals surface area contributed by atoms with E-state index in [1.54, 1.807) is 7.11 Å². The zero-order valence-electron chi connectivity index (χ0n) is 9.79. The summed E-state index contributed by atoms with van der Waals surface area (Å²) >= 11 is 4.15. The van der Waals surface area contributed by atoms with Crippen molar-refractivity contribution >= 4 is 18.3 Å². The minimum atomic E-state index is 0.0830. The minimum absolute atomic E-state index is 0.0830. The Morgan fingerprint density at radius 2 is 2.00 bits per heavy atom. The molecular formula is C12H19NOS. The van der Waals surface area contributed by atoms with Crippen molar-refractivity contribution in [3.63, 3.8) is 0 Å². The second-order valence-corrected chi connectivity index (χ2v) is 4.82. The van der Waals surface area contributed by atoms with Crippen LogP contribution in [0.1, 0.15) is 26.3 Å². The summed E-state index contributed by atoms with van der Waals surface area (Å²) < 4.78 is 5.36. The fourth-order valence-electron chi connectivity index (χ4n) is 1.50. The molecule has 0 amide bonds. The number of hydrogen-bond donors (Lipinski definition) is 2. The van der Waals surface area contributed by atoms with Crippen LogP contribution in [0.3, 0.4) is 0 Å². The van der Waals surface area contributed by atoms with Crippen molar-refractivity contribution < 1.29 is 4.74 Å². The van der Waals surface area contributed by atoms with Crippen molar-refractivity contribution in [3.8, 4) is 5.75 Å². The molecule has 1 aromatic rings. The molecular weight excluding hydrogens is 206 g/mol. The van der Waals surface area contributed by atoms with E-state index in [0.717, 1.165) is 11.4 Å². The molecule has 1 aromatic carbocycles. The Hall–Kier alpha value is -0.830. The first-order chi connectivity index (χ1) is 6.99. The van der Waals surface area contributed by atoms with Gasteiger partial charge in [-0.2, -0.15) is 12.6 Å². The second kappa shape index (κ2) is 4.79. The van der Waals surface area contributed by atoms with E-state index < -0.39 is 0 Å². The third kappa shape index (κ3) is 3.06. The summed E-state index contributed by atoms with van der Waals surface area (Å²) in [6.07, 6.45) is 0. The number of thiol groups is 1. The van der Waals surface area contributed by atoms with E-state index >= 15 is 0 Å². The van der Waals surface area contributed by atoms with Gasteiger partial charge in [0.2, 0.25) is 0 Å². The summed E-state index contributed by atoms with van der Waals surface area (Å²) in [5.41, 5.74) is 2.37. The standard InChI is InChI=1S/C12H19NOS/c1-12(2,3)10-7-9(13-8-15)5-6-11(10)14-4/h5-7,13,15H,8H2,1-4H3. The third-order valence-electron chi connectivity index (χ3n) is 2.29. The molecule has 0 atom stereocenters. The largest absolute Gasteiger partial charge is 0.496 e. The van der Waals surface area contributed by atoms with E-state index in [4.69, 9.17) is 4.74 Å². The summed E-state index contributed by atoms with van der Waals surface area (Å²) in [5, 5.41) is 3.18. The maximum absolute atomic E-state index is 5.36. The third-order valence-corrected chi connectivity index (χ3v) is 2.45. The van der Waals surface area contributed by atoms with Crippen LogP contribution in [0.5, 0.6) is 5.75 Å². The Morgan fingerprint density at radius 1 is 1.33 bits per heavy atom. The Balaban J connectivity index is 3.13. The van der Waals surface area contributed by atoms with Gasteiger partial charge in [-0.3, -0.25) is 0 Å². The van der Waals surface area contributed by atoms with E-state index in [0.29, 0.717) is 5.88 Å². The van der Waals surface area contributed by atoms with Crippen LogP contribution in [0.2, 0.25) is 0 Å². The second-order valence-electron chi connectivity index (χ2n) is 4.50. The smallest absolute Gasteiger partial charge is 0.122 e. The molecule has 1 rings (SSSR count). The minimum Gasteiger partial charge on any atom is -0.496 e. The summed E-state index contributed by atoms with van der Waals surface area (Å²) in [7, 11) is 1.70. The van der Waals surface area contributed by atoms with Crippen molar-refractivity contribution in [1.82, 2.24) is 0 Å². The van der Waals surface area contributed by atoms with Crippen LogP contribution in [-0.2, 0) is 5.41 Å². The van der Waals surface area contributed by atoms with Gasteiger partial charge in [-0.05, 0) is 23.6 Å². The van der Waals surface area contributed by atoms with Crippen molar-refractivity contribution in [3.05, 3.63) is 23.8 Å². The van der Waals surface area contributed by atoms with Gasteiger partial charge in [-0.1, -0.05) is 20.8 Å². The number of rotatable bonds is 3. The fraction of sp³-hybridized carbons (Fsp3) is 0.500. The van der Waals surface area contributed by atoms with Gasteiger partial charge in [-0.15, -0.1) is 0 Å². The van der Waals surface area contributed by atoms with Gasteiger partial charge >= 0.3 is 0 Å². The van der Waals surface area contributed by atoms with Crippen LogP contribution in [0.15, 0.2) is 18.2 Å². The molecule has 84 valence electrons. The van der Waals surface area contributed by atoms with Gasteiger partial charge in [-0.25, -0.2) is 0 Å². The zero-order chi connectivity index (χ0) is 11.5. The first-order valence-corrected chi connectivity index (χ1v) is 5.65. The molecule has 3 heteroatoms. The zero-order valence-corrected chi connectivity index (χ0v) is 10.7. The molecule has 0 unspecified atom stereocenters. The highest BCUT2D eigenvalue weighted by atomic mass is 32.1. The summed E-state index contributed by atoms with van der Waals surface area (Å²) in [6.45, 7) is 6.53. The number of benzene rings is 1. The molecule has 0 bridgehead atoms. The monoisotopic (exact) mass is 225 g/mol. The fourth-order valence-corrected chi connectivity index (χ4v) is 1.68. The van der Waals surface area contributed by atoms with E-state index in [1.165, 1.54) is 5.56 Å². The Bertz CT molecular complexity index is 331. The predicted molar refractivity (Wildman–Crippen MR) is 69.2 cm³/mol. The number of ether oxygens (including phenoxy) is 1. The average Bonchev–Trinajstić information content (AvgIpc) is 2.17. The number of methoxy groups -OCH3 is 1. The molecule has 2 nitrogen and oxygen atoms in total. The van der Waals surface area contributed by atoms with E-state index in [2.05, 4.69) is 44.8 Å². The van der Waals surface area contributed by atoms with Crippen LogP contribution >= 0.6 is 12.6 Å². The molecule has 0 saturated heterocycles. The SMILES string of the molecule is COc1ccc(NCS)cc1C(C)(C)C. The Kier molecular flexibility index (Phi) is 3.91. The first-order valence-electron chi connectivity index (χ1n) is 5.02. The molecule has 15 heavy (non-hydrogen) atoms. The first kappa shape index (κ1) is 12.2. The maximum atomic E-state index is 5.36. The topological polar surface area (TPSA) is 21.3 Å². The number of anilines is 1. The highest BCUT2D eigenvalue weighted by molar-refractivity contribution is 7.80. The summed E-state index contributed by atoms with van der Waals surface area (Å²) in [4.78, 5) is 0. The molecule has 0 aromatic heterocycles. The molecule has 1 N–H and O–H groups in total.